The molecule has 1 unspecified atom stereocenters. The molecule has 0 aliphatic carbocycles. The third-order valence-corrected chi connectivity index (χ3v) is 3.89. The topological polar surface area (TPSA) is 114 Å². The molecule has 0 bridgehead atoms. The summed E-state index contributed by atoms with van der Waals surface area (Å²) in [4.78, 5) is 22.5. The Labute approximate surface area is 138 Å². The van der Waals surface area contributed by atoms with Crippen LogP contribution in [0.15, 0.2) is 27.4 Å². The van der Waals surface area contributed by atoms with Crippen LogP contribution in [0.5, 0.6) is 5.75 Å². The van der Waals surface area contributed by atoms with Crippen LogP contribution in [0.1, 0.15) is 39.7 Å². The molecule has 2 rings (SSSR count). The maximum absolute atomic E-state index is 11.9. The number of aromatic hydroxyl groups is 1. The van der Waals surface area contributed by atoms with Crippen molar-refractivity contribution >= 4 is 0 Å². The van der Waals surface area contributed by atoms with Gasteiger partial charge >= 0.3 is 0 Å². The van der Waals surface area contributed by atoms with Gasteiger partial charge in [-0.3, -0.25) is 14.9 Å². The van der Waals surface area contributed by atoms with Crippen LogP contribution in [-0.4, -0.2) is 21.7 Å². The SMILES string of the molecule is Cc1cc(C)c(C(C[N+](=O)[O-])c2oc(CO)cc(=O)c2O)c(C)c1. The molecule has 0 radical (unpaired) electrons. The zero-order chi connectivity index (χ0) is 18.0. The van der Waals surface area contributed by atoms with Gasteiger partial charge in [0, 0.05) is 11.0 Å². The second-order valence-electron chi connectivity index (χ2n) is 5.83. The summed E-state index contributed by atoms with van der Waals surface area (Å²) in [5.41, 5.74) is 2.50. The highest BCUT2D eigenvalue weighted by Crippen LogP contribution is 2.34. The standard InChI is InChI=1S/C17H19NO6/c1-9-4-10(2)15(11(3)5-9)13(7-18(22)23)17-16(21)14(20)6-12(8-19)24-17/h4-6,13,19,21H,7-8H2,1-3H3. The molecule has 0 fully saturated rings. The highest BCUT2D eigenvalue weighted by Gasteiger charge is 2.30. The number of aliphatic hydroxyl groups is 1. The molecule has 1 atom stereocenters. The number of nitrogens with zero attached hydrogens (tertiary/aromatic N) is 1. The first kappa shape index (κ1) is 17.7. The average molecular weight is 333 g/mol. The molecule has 0 saturated carbocycles. The van der Waals surface area contributed by atoms with E-state index in [0.717, 1.165) is 22.8 Å². The summed E-state index contributed by atoms with van der Waals surface area (Å²) >= 11 is 0. The second kappa shape index (κ2) is 6.84. The molecule has 0 spiro atoms. The molecule has 0 amide bonds. The largest absolute Gasteiger partial charge is 0.502 e. The van der Waals surface area contributed by atoms with Gasteiger partial charge in [-0.1, -0.05) is 17.7 Å². The van der Waals surface area contributed by atoms with Crippen molar-refractivity contribution in [1.82, 2.24) is 0 Å². The van der Waals surface area contributed by atoms with Gasteiger partial charge in [-0.2, -0.15) is 0 Å². The Morgan fingerprint density at radius 2 is 1.79 bits per heavy atom. The molecule has 0 saturated heterocycles. The number of nitro groups is 1. The molecule has 7 nitrogen and oxygen atoms in total. The van der Waals surface area contributed by atoms with E-state index in [1.54, 1.807) is 0 Å². The zero-order valence-electron chi connectivity index (χ0n) is 13.7. The van der Waals surface area contributed by atoms with E-state index >= 15 is 0 Å². The predicted octanol–water partition coefficient (Wildman–Crippen LogP) is 2.17. The Bertz CT molecular complexity index is 816. The Hall–Kier alpha value is -2.67. The lowest BCUT2D eigenvalue weighted by molar-refractivity contribution is -0.482. The van der Waals surface area contributed by atoms with Crippen LogP contribution in [0.3, 0.4) is 0 Å². The predicted molar refractivity (Wildman–Crippen MR) is 86.9 cm³/mol. The van der Waals surface area contributed by atoms with E-state index in [1.807, 2.05) is 32.9 Å². The van der Waals surface area contributed by atoms with Crippen molar-refractivity contribution in [2.75, 3.05) is 6.54 Å². The zero-order valence-corrected chi connectivity index (χ0v) is 13.7. The van der Waals surface area contributed by atoms with Crippen LogP contribution in [0.25, 0.3) is 0 Å². The highest BCUT2D eigenvalue weighted by molar-refractivity contribution is 5.45. The third-order valence-electron chi connectivity index (χ3n) is 3.89. The summed E-state index contributed by atoms with van der Waals surface area (Å²) in [5, 5.41) is 30.4. The first-order valence-electron chi connectivity index (χ1n) is 7.40. The van der Waals surface area contributed by atoms with Crippen LogP contribution < -0.4 is 5.43 Å². The first-order valence-corrected chi connectivity index (χ1v) is 7.40. The minimum Gasteiger partial charge on any atom is -0.502 e. The number of hydrogen-bond acceptors (Lipinski definition) is 6. The first-order chi connectivity index (χ1) is 11.2. The molecule has 2 N–H and O–H groups in total. The van der Waals surface area contributed by atoms with Crippen molar-refractivity contribution in [2.24, 2.45) is 0 Å². The van der Waals surface area contributed by atoms with Crippen molar-refractivity contribution in [3.8, 4) is 5.75 Å². The second-order valence-corrected chi connectivity index (χ2v) is 5.83. The van der Waals surface area contributed by atoms with E-state index in [2.05, 4.69) is 0 Å². The maximum Gasteiger partial charge on any atom is 0.227 e. The van der Waals surface area contributed by atoms with E-state index in [-0.39, 0.29) is 11.5 Å². The fourth-order valence-electron chi connectivity index (χ4n) is 3.06. The summed E-state index contributed by atoms with van der Waals surface area (Å²) in [7, 11) is 0. The van der Waals surface area contributed by atoms with Gasteiger partial charge in [0.15, 0.2) is 5.76 Å². The van der Waals surface area contributed by atoms with E-state index in [4.69, 9.17) is 4.42 Å². The van der Waals surface area contributed by atoms with Crippen molar-refractivity contribution in [3.05, 3.63) is 72.3 Å². The number of rotatable bonds is 5. The van der Waals surface area contributed by atoms with Gasteiger partial charge in [-0.05, 0) is 37.5 Å². The molecule has 1 heterocycles. The van der Waals surface area contributed by atoms with Gasteiger partial charge in [-0.25, -0.2) is 0 Å². The van der Waals surface area contributed by atoms with Crippen LogP contribution in [0.2, 0.25) is 0 Å². The summed E-state index contributed by atoms with van der Waals surface area (Å²) in [6, 6.07) is 4.72. The lowest BCUT2D eigenvalue weighted by Crippen LogP contribution is -2.19. The molecule has 7 heteroatoms. The Morgan fingerprint density at radius 3 is 2.29 bits per heavy atom. The lowest BCUT2D eigenvalue weighted by Gasteiger charge is -2.19. The summed E-state index contributed by atoms with van der Waals surface area (Å²) in [6.07, 6.45) is 0. The monoisotopic (exact) mass is 333 g/mol. The number of aliphatic hydroxyl groups excluding tert-OH is 1. The number of aryl methyl sites for hydroxylation is 3. The molecule has 0 aliphatic heterocycles. The fourth-order valence-corrected chi connectivity index (χ4v) is 3.06. The van der Waals surface area contributed by atoms with Crippen LogP contribution >= 0.6 is 0 Å². The van der Waals surface area contributed by atoms with Crippen molar-refractivity contribution < 1.29 is 19.6 Å². The van der Waals surface area contributed by atoms with Crippen molar-refractivity contribution in [3.63, 3.8) is 0 Å². The van der Waals surface area contributed by atoms with Gasteiger partial charge in [0.05, 0.1) is 0 Å². The number of benzene rings is 1. The Morgan fingerprint density at radius 1 is 1.21 bits per heavy atom. The van der Waals surface area contributed by atoms with E-state index in [9.17, 15) is 25.1 Å². The maximum atomic E-state index is 11.9. The van der Waals surface area contributed by atoms with E-state index < -0.39 is 35.2 Å². The normalized spacial score (nSPS) is 12.2. The molecule has 1 aromatic carbocycles. The number of hydrogen-bond donors (Lipinski definition) is 2. The van der Waals surface area contributed by atoms with Crippen molar-refractivity contribution in [1.29, 1.82) is 0 Å². The fraction of sp³-hybridized carbons (Fsp3) is 0.353. The summed E-state index contributed by atoms with van der Waals surface area (Å²) in [5.74, 6) is -1.85. The molecule has 128 valence electrons. The Balaban J connectivity index is 2.74. The quantitative estimate of drug-likeness (QED) is 0.640. The minimum absolute atomic E-state index is 0.0523. The van der Waals surface area contributed by atoms with Crippen LogP contribution in [-0.2, 0) is 6.61 Å². The Kier molecular flexibility index (Phi) is 5.04. The smallest absolute Gasteiger partial charge is 0.227 e. The van der Waals surface area contributed by atoms with Gasteiger partial charge in [0.25, 0.3) is 0 Å². The molecule has 0 aliphatic rings. The van der Waals surface area contributed by atoms with Crippen molar-refractivity contribution in [2.45, 2.75) is 33.3 Å². The third kappa shape index (κ3) is 3.46. The van der Waals surface area contributed by atoms with Gasteiger partial charge in [0.1, 0.15) is 18.3 Å². The molecule has 1 aromatic heterocycles. The molecule has 24 heavy (non-hydrogen) atoms. The highest BCUT2D eigenvalue weighted by atomic mass is 16.6. The van der Waals surface area contributed by atoms with Gasteiger partial charge < -0.3 is 14.6 Å². The van der Waals surface area contributed by atoms with Gasteiger partial charge in [0.2, 0.25) is 17.7 Å². The molecule has 2 aromatic rings. The van der Waals surface area contributed by atoms with Crippen LogP contribution in [0, 0.1) is 30.9 Å². The van der Waals surface area contributed by atoms with E-state index in [0.29, 0.717) is 5.56 Å². The summed E-state index contributed by atoms with van der Waals surface area (Å²) < 4.78 is 5.39. The van der Waals surface area contributed by atoms with E-state index in [1.165, 1.54) is 0 Å². The average Bonchev–Trinajstić information content (AvgIpc) is 2.47. The summed E-state index contributed by atoms with van der Waals surface area (Å²) in [6.45, 7) is 4.45. The lowest BCUT2D eigenvalue weighted by atomic mass is 9.87. The van der Waals surface area contributed by atoms with Gasteiger partial charge in [-0.15, -0.1) is 0 Å². The van der Waals surface area contributed by atoms with Crippen LogP contribution in [0.4, 0.5) is 0 Å². The minimum atomic E-state index is -0.931. The molecular formula is C17H19NO6. The molecular weight excluding hydrogens is 314 g/mol.